The lowest BCUT2D eigenvalue weighted by Crippen LogP contribution is -2.45. The van der Waals surface area contributed by atoms with Gasteiger partial charge in [0.15, 0.2) is 5.11 Å². The molecule has 1 aromatic rings. The van der Waals surface area contributed by atoms with E-state index in [1.807, 2.05) is 13.1 Å². The number of halogens is 1. The molecular formula is C16H22ClN3S. The lowest BCUT2D eigenvalue weighted by atomic mass is 10.1. The first-order chi connectivity index (χ1) is 10.1. The first kappa shape index (κ1) is 15.1. The van der Waals surface area contributed by atoms with Crippen molar-refractivity contribution in [1.29, 1.82) is 0 Å². The normalized spacial score (nSPS) is 22.6. The predicted molar refractivity (Wildman–Crippen MR) is 93.1 cm³/mol. The molecule has 0 aromatic heterocycles. The molecule has 0 saturated heterocycles. The van der Waals surface area contributed by atoms with Crippen molar-refractivity contribution in [3.05, 3.63) is 28.8 Å². The summed E-state index contributed by atoms with van der Waals surface area (Å²) in [5.41, 5.74) is 2.45. The molecule has 1 unspecified atom stereocenters. The molecule has 1 fully saturated rings. The highest BCUT2D eigenvalue weighted by molar-refractivity contribution is 7.80. The first-order valence-electron chi connectivity index (χ1n) is 7.60. The van der Waals surface area contributed by atoms with Gasteiger partial charge < -0.3 is 10.2 Å². The molecule has 2 aliphatic rings. The lowest BCUT2D eigenvalue weighted by Gasteiger charge is -2.30. The number of thiocarbonyl (C=S) groups is 1. The third-order valence-corrected chi connectivity index (χ3v) is 5.08. The molecule has 1 saturated carbocycles. The third-order valence-electron chi connectivity index (χ3n) is 4.42. The van der Waals surface area contributed by atoms with Crippen LogP contribution in [0.15, 0.2) is 18.2 Å². The Morgan fingerprint density at radius 1 is 1.43 bits per heavy atom. The number of hydrogen-bond donors (Lipinski definition) is 1. The Labute approximate surface area is 137 Å². The van der Waals surface area contributed by atoms with Gasteiger partial charge in [0.25, 0.3) is 0 Å². The second-order valence-corrected chi connectivity index (χ2v) is 6.98. The fourth-order valence-corrected chi connectivity index (χ4v) is 3.37. The van der Waals surface area contributed by atoms with Gasteiger partial charge in [0.05, 0.1) is 0 Å². The SMILES string of the molecule is CNC(=S)N1CC(C)N(CC2CC2)Cc2cc(Cl)ccc21. The van der Waals surface area contributed by atoms with E-state index in [4.69, 9.17) is 23.8 Å². The molecule has 1 N–H and O–H groups in total. The molecule has 1 aliphatic heterocycles. The minimum Gasteiger partial charge on any atom is -0.365 e. The minimum atomic E-state index is 0.475. The molecule has 1 aliphatic carbocycles. The Balaban J connectivity index is 1.93. The van der Waals surface area contributed by atoms with Crippen LogP contribution in [0.5, 0.6) is 0 Å². The van der Waals surface area contributed by atoms with Crippen LogP contribution in [0.4, 0.5) is 5.69 Å². The molecular weight excluding hydrogens is 302 g/mol. The third kappa shape index (κ3) is 3.33. The standard InChI is InChI=1S/C16H22ClN3S/c1-11-8-20(16(21)18-2)15-6-5-14(17)7-13(15)10-19(11)9-12-3-4-12/h5-7,11-12H,3-4,8-10H2,1-2H3,(H,18,21). The van der Waals surface area contributed by atoms with Crippen molar-refractivity contribution in [3.63, 3.8) is 0 Å². The monoisotopic (exact) mass is 323 g/mol. The van der Waals surface area contributed by atoms with Gasteiger partial charge in [-0.2, -0.15) is 0 Å². The summed E-state index contributed by atoms with van der Waals surface area (Å²) in [6.07, 6.45) is 2.76. The highest BCUT2D eigenvalue weighted by atomic mass is 35.5. The Hall–Kier alpha value is -0.840. The summed E-state index contributed by atoms with van der Waals surface area (Å²) in [6, 6.07) is 6.60. The topological polar surface area (TPSA) is 18.5 Å². The molecule has 114 valence electrons. The van der Waals surface area contributed by atoms with Crippen LogP contribution in [0.3, 0.4) is 0 Å². The molecule has 0 bridgehead atoms. The van der Waals surface area contributed by atoms with Crippen LogP contribution >= 0.6 is 23.8 Å². The van der Waals surface area contributed by atoms with Crippen molar-refractivity contribution in [2.24, 2.45) is 5.92 Å². The van der Waals surface area contributed by atoms with Crippen molar-refractivity contribution in [3.8, 4) is 0 Å². The fourth-order valence-electron chi connectivity index (χ4n) is 3.00. The zero-order valence-corrected chi connectivity index (χ0v) is 14.2. The number of hydrogen-bond acceptors (Lipinski definition) is 2. The second-order valence-electron chi connectivity index (χ2n) is 6.16. The van der Waals surface area contributed by atoms with Crippen LogP contribution in [-0.4, -0.2) is 36.2 Å². The summed E-state index contributed by atoms with van der Waals surface area (Å²) in [5, 5.41) is 4.69. The average Bonchev–Trinajstić information content (AvgIpc) is 3.28. The Bertz CT molecular complexity index is 544. The quantitative estimate of drug-likeness (QED) is 0.842. The molecule has 0 amide bonds. The van der Waals surface area contributed by atoms with Crippen molar-refractivity contribution in [2.45, 2.75) is 32.4 Å². The van der Waals surface area contributed by atoms with E-state index in [-0.39, 0.29) is 0 Å². The summed E-state index contributed by atoms with van der Waals surface area (Å²) < 4.78 is 0. The zero-order valence-electron chi connectivity index (χ0n) is 12.6. The van der Waals surface area contributed by atoms with Crippen LogP contribution in [0.25, 0.3) is 0 Å². The van der Waals surface area contributed by atoms with Crippen LogP contribution < -0.4 is 10.2 Å². The number of nitrogens with zero attached hydrogens (tertiary/aromatic N) is 2. The van der Waals surface area contributed by atoms with Crippen LogP contribution in [0, 0.1) is 5.92 Å². The molecule has 21 heavy (non-hydrogen) atoms. The highest BCUT2D eigenvalue weighted by Crippen LogP contribution is 2.34. The Morgan fingerprint density at radius 2 is 2.19 bits per heavy atom. The number of fused-ring (bicyclic) bond motifs is 1. The first-order valence-corrected chi connectivity index (χ1v) is 8.39. The number of nitrogens with one attached hydrogen (secondary N) is 1. The molecule has 3 nitrogen and oxygen atoms in total. The maximum atomic E-state index is 6.21. The van der Waals surface area contributed by atoms with Gasteiger partial charge in [0.2, 0.25) is 0 Å². The number of rotatable bonds is 2. The van der Waals surface area contributed by atoms with E-state index in [2.05, 4.69) is 34.2 Å². The van der Waals surface area contributed by atoms with Crippen molar-refractivity contribution in [2.75, 3.05) is 25.0 Å². The van der Waals surface area contributed by atoms with Gasteiger partial charge in [-0.1, -0.05) is 11.6 Å². The van der Waals surface area contributed by atoms with Crippen molar-refractivity contribution >= 4 is 34.6 Å². The minimum absolute atomic E-state index is 0.475. The number of benzene rings is 1. The van der Waals surface area contributed by atoms with Gasteiger partial charge in [-0.3, -0.25) is 4.90 Å². The van der Waals surface area contributed by atoms with Gasteiger partial charge in [-0.05, 0) is 61.7 Å². The zero-order chi connectivity index (χ0) is 15.0. The second kappa shape index (κ2) is 6.11. The average molecular weight is 324 g/mol. The largest absolute Gasteiger partial charge is 0.365 e. The Morgan fingerprint density at radius 3 is 2.86 bits per heavy atom. The molecule has 0 radical (unpaired) electrons. The molecule has 1 atom stereocenters. The summed E-state index contributed by atoms with van der Waals surface area (Å²) >= 11 is 11.7. The predicted octanol–water partition coefficient (Wildman–Crippen LogP) is 3.26. The molecule has 3 rings (SSSR count). The lowest BCUT2D eigenvalue weighted by molar-refractivity contribution is 0.201. The molecule has 5 heteroatoms. The Kier molecular flexibility index (Phi) is 4.38. The van der Waals surface area contributed by atoms with Crippen molar-refractivity contribution < 1.29 is 0 Å². The maximum Gasteiger partial charge on any atom is 0.173 e. The van der Waals surface area contributed by atoms with Gasteiger partial charge >= 0.3 is 0 Å². The van der Waals surface area contributed by atoms with E-state index in [9.17, 15) is 0 Å². The van der Waals surface area contributed by atoms with Crippen LogP contribution in [0.1, 0.15) is 25.3 Å². The molecule has 1 aromatic carbocycles. The van der Waals surface area contributed by atoms with Crippen LogP contribution in [-0.2, 0) is 6.54 Å². The maximum absolute atomic E-state index is 6.21. The van der Waals surface area contributed by atoms with E-state index in [1.165, 1.54) is 30.6 Å². The van der Waals surface area contributed by atoms with Gasteiger partial charge in [-0.25, -0.2) is 0 Å². The van der Waals surface area contributed by atoms with Crippen LogP contribution in [0.2, 0.25) is 5.02 Å². The van der Waals surface area contributed by atoms with Gasteiger partial charge in [0, 0.05) is 43.4 Å². The fraction of sp³-hybridized carbons (Fsp3) is 0.562. The van der Waals surface area contributed by atoms with Gasteiger partial charge in [0.1, 0.15) is 0 Å². The molecule has 1 heterocycles. The van der Waals surface area contributed by atoms with Crippen molar-refractivity contribution in [1.82, 2.24) is 10.2 Å². The summed E-state index contributed by atoms with van der Waals surface area (Å²) in [6.45, 7) is 5.35. The van der Waals surface area contributed by atoms with E-state index in [1.54, 1.807) is 0 Å². The summed E-state index contributed by atoms with van der Waals surface area (Å²) in [7, 11) is 1.88. The summed E-state index contributed by atoms with van der Waals surface area (Å²) in [5.74, 6) is 0.887. The number of anilines is 1. The van der Waals surface area contributed by atoms with E-state index < -0.39 is 0 Å². The summed E-state index contributed by atoms with van der Waals surface area (Å²) in [4.78, 5) is 4.78. The smallest absolute Gasteiger partial charge is 0.173 e. The molecule has 0 spiro atoms. The highest BCUT2D eigenvalue weighted by Gasteiger charge is 2.31. The van der Waals surface area contributed by atoms with E-state index in [0.29, 0.717) is 6.04 Å². The van der Waals surface area contributed by atoms with E-state index in [0.717, 1.165) is 29.1 Å². The van der Waals surface area contributed by atoms with Gasteiger partial charge in [-0.15, -0.1) is 0 Å². The van der Waals surface area contributed by atoms with E-state index >= 15 is 0 Å².